The Labute approximate surface area is 99.8 Å². The number of anilines is 1. The van der Waals surface area contributed by atoms with Gasteiger partial charge in [-0.15, -0.1) is 0 Å². The highest BCUT2D eigenvalue weighted by molar-refractivity contribution is 5.78. The first-order chi connectivity index (χ1) is 8.24. The molecule has 88 valence electrons. The second kappa shape index (κ2) is 5.21. The van der Waals surface area contributed by atoms with E-state index in [-0.39, 0.29) is 5.91 Å². The highest BCUT2D eigenvalue weighted by atomic mass is 16.1. The molecule has 1 heterocycles. The fourth-order valence-electron chi connectivity index (χ4n) is 1.55. The topological polar surface area (TPSA) is 70.9 Å². The van der Waals surface area contributed by atoms with Gasteiger partial charge in [0.15, 0.2) is 0 Å². The zero-order chi connectivity index (χ0) is 12.1. The third-order valence-corrected chi connectivity index (χ3v) is 2.48. The average Bonchev–Trinajstić information content (AvgIpc) is 2.83. The van der Waals surface area contributed by atoms with Crippen molar-refractivity contribution in [2.75, 3.05) is 5.73 Å². The summed E-state index contributed by atoms with van der Waals surface area (Å²) in [7, 11) is 0. The van der Waals surface area contributed by atoms with Crippen LogP contribution in [0.3, 0.4) is 0 Å². The molecule has 2 aromatic rings. The van der Waals surface area contributed by atoms with Crippen LogP contribution in [0, 0.1) is 0 Å². The molecule has 4 heteroatoms. The smallest absolute Gasteiger partial charge is 0.224 e. The van der Waals surface area contributed by atoms with E-state index >= 15 is 0 Å². The Morgan fingerprint density at radius 2 is 2.00 bits per heavy atom. The molecule has 2 rings (SSSR count). The second-order valence-corrected chi connectivity index (χ2v) is 3.89. The van der Waals surface area contributed by atoms with E-state index in [1.54, 1.807) is 12.1 Å². The Balaban J connectivity index is 1.83. The number of aromatic nitrogens is 1. The SMILES string of the molecule is Nc1ccc(CC(=O)NCc2ccc[nH]2)cc1. The van der Waals surface area contributed by atoms with Crippen LogP contribution in [-0.2, 0) is 17.8 Å². The monoisotopic (exact) mass is 229 g/mol. The van der Waals surface area contributed by atoms with Crippen LogP contribution < -0.4 is 11.1 Å². The maximum Gasteiger partial charge on any atom is 0.224 e. The summed E-state index contributed by atoms with van der Waals surface area (Å²) < 4.78 is 0. The third-order valence-electron chi connectivity index (χ3n) is 2.48. The summed E-state index contributed by atoms with van der Waals surface area (Å²) in [6, 6.07) is 11.2. The summed E-state index contributed by atoms with van der Waals surface area (Å²) in [6.07, 6.45) is 2.21. The van der Waals surface area contributed by atoms with Crippen LogP contribution in [-0.4, -0.2) is 10.9 Å². The van der Waals surface area contributed by atoms with Gasteiger partial charge in [0.05, 0.1) is 13.0 Å². The highest BCUT2D eigenvalue weighted by Crippen LogP contribution is 2.06. The second-order valence-electron chi connectivity index (χ2n) is 3.89. The number of aromatic amines is 1. The molecule has 17 heavy (non-hydrogen) atoms. The van der Waals surface area contributed by atoms with E-state index < -0.39 is 0 Å². The number of carbonyl (C=O) groups is 1. The Morgan fingerprint density at radius 1 is 1.24 bits per heavy atom. The molecule has 0 unspecified atom stereocenters. The van der Waals surface area contributed by atoms with Gasteiger partial charge in [0, 0.05) is 17.6 Å². The standard InChI is InChI=1S/C13H15N3O/c14-11-5-3-10(4-6-11)8-13(17)16-9-12-2-1-7-15-12/h1-7,15H,8-9,14H2,(H,16,17). The molecule has 4 N–H and O–H groups in total. The molecule has 0 spiro atoms. The zero-order valence-electron chi connectivity index (χ0n) is 9.44. The molecule has 0 radical (unpaired) electrons. The summed E-state index contributed by atoms with van der Waals surface area (Å²) in [5, 5.41) is 2.85. The summed E-state index contributed by atoms with van der Waals surface area (Å²) >= 11 is 0. The third kappa shape index (κ3) is 3.38. The molecule has 0 saturated heterocycles. The molecule has 1 aromatic carbocycles. The number of carbonyl (C=O) groups excluding carboxylic acids is 1. The summed E-state index contributed by atoms with van der Waals surface area (Å²) in [5.74, 6) is 0.00405. The van der Waals surface area contributed by atoms with Crippen molar-refractivity contribution in [3.8, 4) is 0 Å². The summed E-state index contributed by atoms with van der Waals surface area (Å²) in [6.45, 7) is 0.529. The van der Waals surface area contributed by atoms with Crippen molar-refractivity contribution in [3.63, 3.8) is 0 Å². The van der Waals surface area contributed by atoms with Crippen LogP contribution in [0.5, 0.6) is 0 Å². The molecule has 0 aliphatic carbocycles. The van der Waals surface area contributed by atoms with Crippen molar-refractivity contribution in [1.29, 1.82) is 0 Å². The number of nitrogen functional groups attached to an aromatic ring is 1. The van der Waals surface area contributed by atoms with E-state index in [1.165, 1.54) is 0 Å². The van der Waals surface area contributed by atoms with Gasteiger partial charge < -0.3 is 16.0 Å². The van der Waals surface area contributed by atoms with E-state index in [1.807, 2.05) is 30.5 Å². The predicted octanol–water partition coefficient (Wildman–Crippen LogP) is 1.46. The lowest BCUT2D eigenvalue weighted by atomic mass is 10.1. The highest BCUT2D eigenvalue weighted by Gasteiger charge is 2.03. The summed E-state index contributed by atoms with van der Waals surface area (Å²) in [4.78, 5) is 14.7. The molecule has 0 fully saturated rings. The normalized spacial score (nSPS) is 10.1. The van der Waals surface area contributed by atoms with E-state index in [2.05, 4.69) is 10.3 Å². The predicted molar refractivity (Wildman–Crippen MR) is 67.2 cm³/mol. The number of nitrogens with one attached hydrogen (secondary N) is 2. The molecule has 4 nitrogen and oxygen atoms in total. The van der Waals surface area contributed by atoms with Crippen LogP contribution in [0.2, 0.25) is 0 Å². The first-order valence-electron chi connectivity index (χ1n) is 5.47. The van der Waals surface area contributed by atoms with Crippen LogP contribution >= 0.6 is 0 Å². The van der Waals surface area contributed by atoms with Crippen molar-refractivity contribution >= 4 is 11.6 Å². The zero-order valence-corrected chi connectivity index (χ0v) is 9.44. The lowest BCUT2D eigenvalue weighted by Crippen LogP contribution is -2.24. The van der Waals surface area contributed by atoms with E-state index in [4.69, 9.17) is 5.73 Å². The van der Waals surface area contributed by atoms with Gasteiger partial charge in [-0.3, -0.25) is 4.79 Å². The number of rotatable bonds is 4. The van der Waals surface area contributed by atoms with Gasteiger partial charge in [0.25, 0.3) is 0 Å². The first-order valence-corrected chi connectivity index (χ1v) is 5.47. The van der Waals surface area contributed by atoms with Gasteiger partial charge in [-0.1, -0.05) is 12.1 Å². The minimum Gasteiger partial charge on any atom is -0.399 e. The van der Waals surface area contributed by atoms with Crippen molar-refractivity contribution in [2.24, 2.45) is 0 Å². The number of benzene rings is 1. The molecule has 0 saturated carbocycles. The van der Waals surface area contributed by atoms with E-state index in [9.17, 15) is 4.79 Å². The fraction of sp³-hybridized carbons (Fsp3) is 0.154. The van der Waals surface area contributed by atoms with Crippen LogP contribution in [0.1, 0.15) is 11.3 Å². The van der Waals surface area contributed by atoms with Gasteiger partial charge in [-0.25, -0.2) is 0 Å². The number of hydrogen-bond acceptors (Lipinski definition) is 2. The Bertz CT molecular complexity index is 474. The minimum absolute atomic E-state index is 0.00405. The van der Waals surface area contributed by atoms with Crippen molar-refractivity contribution in [1.82, 2.24) is 10.3 Å². The summed E-state index contributed by atoms with van der Waals surface area (Å²) in [5.41, 5.74) is 8.24. The van der Waals surface area contributed by atoms with Gasteiger partial charge in [0.1, 0.15) is 0 Å². The van der Waals surface area contributed by atoms with Crippen LogP contribution in [0.25, 0.3) is 0 Å². The first kappa shape index (κ1) is 11.3. The molecular formula is C13H15N3O. The van der Waals surface area contributed by atoms with Crippen molar-refractivity contribution in [2.45, 2.75) is 13.0 Å². The van der Waals surface area contributed by atoms with Gasteiger partial charge in [0.2, 0.25) is 5.91 Å². The van der Waals surface area contributed by atoms with Crippen molar-refractivity contribution in [3.05, 3.63) is 53.9 Å². The molecule has 0 aliphatic rings. The van der Waals surface area contributed by atoms with Crippen LogP contribution in [0.15, 0.2) is 42.6 Å². The molecule has 0 bridgehead atoms. The molecule has 0 aliphatic heterocycles. The fourth-order valence-corrected chi connectivity index (χ4v) is 1.55. The number of H-pyrrole nitrogens is 1. The number of hydrogen-bond donors (Lipinski definition) is 3. The minimum atomic E-state index is 0.00405. The largest absolute Gasteiger partial charge is 0.399 e. The van der Waals surface area contributed by atoms with E-state index in [0.29, 0.717) is 18.7 Å². The average molecular weight is 229 g/mol. The quantitative estimate of drug-likeness (QED) is 0.694. The van der Waals surface area contributed by atoms with Crippen LogP contribution in [0.4, 0.5) is 5.69 Å². The molecular weight excluding hydrogens is 214 g/mol. The number of amides is 1. The lowest BCUT2D eigenvalue weighted by molar-refractivity contribution is -0.120. The van der Waals surface area contributed by atoms with Gasteiger partial charge in [-0.2, -0.15) is 0 Å². The number of nitrogens with two attached hydrogens (primary N) is 1. The Kier molecular flexibility index (Phi) is 3.45. The maximum absolute atomic E-state index is 11.6. The Hall–Kier alpha value is -2.23. The molecule has 1 amide bonds. The lowest BCUT2D eigenvalue weighted by Gasteiger charge is -2.04. The van der Waals surface area contributed by atoms with Gasteiger partial charge >= 0.3 is 0 Å². The maximum atomic E-state index is 11.6. The molecule has 0 atom stereocenters. The van der Waals surface area contributed by atoms with E-state index in [0.717, 1.165) is 11.3 Å². The Morgan fingerprint density at radius 3 is 2.65 bits per heavy atom. The molecule has 1 aromatic heterocycles. The van der Waals surface area contributed by atoms with Gasteiger partial charge in [-0.05, 0) is 29.8 Å². The van der Waals surface area contributed by atoms with Crippen molar-refractivity contribution < 1.29 is 4.79 Å².